The van der Waals surface area contributed by atoms with Crippen molar-refractivity contribution in [3.8, 4) is 11.8 Å². The van der Waals surface area contributed by atoms with E-state index in [1.54, 1.807) is 0 Å². The standard InChI is InChI=1S/C20H23N3O4S/c1-16-5-2-6-18(15-16)27-14-4-12-22-20(24)17-7-9-19(10-8-17)28(25,26)23-13-3-11-21/h2,5-10,15,23H,3-4,12-14H2,1H3,(H,22,24). The number of hydrogen-bond donors (Lipinski definition) is 2. The van der Waals surface area contributed by atoms with E-state index in [1.165, 1.54) is 24.3 Å². The molecule has 0 saturated carbocycles. The molecule has 0 atom stereocenters. The predicted octanol–water partition coefficient (Wildman–Crippen LogP) is 2.39. The summed E-state index contributed by atoms with van der Waals surface area (Å²) in [5, 5.41) is 11.2. The van der Waals surface area contributed by atoms with Gasteiger partial charge in [0.05, 0.1) is 17.6 Å². The van der Waals surface area contributed by atoms with Crippen molar-refractivity contribution in [1.29, 1.82) is 5.26 Å². The van der Waals surface area contributed by atoms with Gasteiger partial charge in [0.1, 0.15) is 5.75 Å². The summed E-state index contributed by atoms with van der Waals surface area (Å²) in [5.74, 6) is 0.517. The van der Waals surface area contributed by atoms with Crippen LogP contribution in [0.5, 0.6) is 5.75 Å². The van der Waals surface area contributed by atoms with Crippen molar-refractivity contribution in [3.63, 3.8) is 0 Å². The van der Waals surface area contributed by atoms with Crippen molar-refractivity contribution in [2.45, 2.75) is 24.7 Å². The van der Waals surface area contributed by atoms with Crippen LogP contribution in [0.2, 0.25) is 0 Å². The van der Waals surface area contributed by atoms with Gasteiger partial charge in [0.15, 0.2) is 0 Å². The fraction of sp³-hybridized carbons (Fsp3) is 0.300. The van der Waals surface area contributed by atoms with Gasteiger partial charge in [-0.05, 0) is 55.3 Å². The minimum absolute atomic E-state index is 0.0473. The molecule has 28 heavy (non-hydrogen) atoms. The van der Waals surface area contributed by atoms with E-state index >= 15 is 0 Å². The Bertz CT molecular complexity index is 935. The molecule has 2 aromatic rings. The van der Waals surface area contributed by atoms with E-state index in [9.17, 15) is 13.2 Å². The lowest BCUT2D eigenvalue weighted by molar-refractivity contribution is 0.0951. The van der Waals surface area contributed by atoms with Gasteiger partial charge in [-0.3, -0.25) is 4.79 Å². The van der Waals surface area contributed by atoms with E-state index in [0.717, 1.165) is 11.3 Å². The first-order valence-corrected chi connectivity index (χ1v) is 10.3. The van der Waals surface area contributed by atoms with E-state index in [-0.39, 0.29) is 23.8 Å². The lowest BCUT2D eigenvalue weighted by Gasteiger charge is -2.09. The lowest BCUT2D eigenvalue weighted by Crippen LogP contribution is -2.26. The first-order valence-electron chi connectivity index (χ1n) is 8.87. The predicted molar refractivity (Wildman–Crippen MR) is 105 cm³/mol. The smallest absolute Gasteiger partial charge is 0.251 e. The zero-order valence-electron chi connectivity index (χ0n) is 15.6. The molecule has 0 bridgehead atoms. The summed E-state index contributed by atoms with van der Waals surface area (Å²) < 4.78 is 32.0. The van der Waals surface area contributed by atoms with Crippen LogP contribution in [-0.2, 0) is 10.0 Å². The molecule has 0 aliphatic rings. The molecule has 1 amide bonds. The fourth-order valence-corrected chi connectivity index (χ4v) is 3.41. The Labute approximate surface area is 165 Å². The normalized spacial score (nSPS) is 10.9. The Balaban J connectivity index is 1.77. The van der Waals surface area contributed by atoms with Crippen molar-refractivity contribution in [2.75, 3.05) is 19.7 Å². The molecule has 0 spiro atoms. The molecule has 148 valence electrons. The van der Waals surface area contributed by atoms with Crippen LogP contribution in [0.3, 0.4) is 0 Å². The summed E-state index contributed by atoms with van der Waals surface area (Å²) in [7, 11) is -3.68. The van der Waals surface area contributed by atoms with Gasteiger partial charge in [-0.1, -0.05) is 12.1 Å². The van der Waals surface area contributed by atoms with Crippen molar-refractivity contribution >= 4 is 15.9 Å². The maximum Gasteiger partial charge on any atom is 0.251 e. The van der Waals surface area contributed by atoms with Gasteiger partial charge >= 0.3 is 0 Å². The number of rotatable bonds is 10. The number of nitrogens with zero attached hydrogens (tertiary/aromatic N) is 1. The molecule has 8 heteroatoms. The third kappa shape index (κ3) is 6.68. The van der Waals surface area contributed by atoms with Crippen LogP contribution in [-0.4, -0.2) is 34.0 Å². The minimum Gasteiger partial charge on any atom is -0.494 e. The highest BCUT2D eigenvalue weighted by Crippen LogP contribution is 2.13. The molecule has 2 rings (SSSR count). The highest BCUT2D eigenvalue weighted by atomic mass is 32.2. The van der Waals surface area contributed by atoms with Crippen molar-refractivity contribution < 1.29 is 17.9 Å². The zero-order chi connectivity index (χ0) is 20.4. The van der Waals surface area contributed by atoms with E-state index in [2.05, 4.69) is 10.0 Å². The van der Waals surface area contributed by atoms with E-state index in [1.807, 2.05) is 37.3 Å². The molecular formula is C20H23N3O4S. The van der Waals surface area contributed by atoms with Gasteiger partial charge in [-0.25, -0.2) is 13.1 Å². The number of sulfonamides is 1. The van der Waals surface area contributed by atoms with Gasteiger partial charge in [0.2, 0.25) is 10.0 Å². The van der Waals surface area contributed by atoms with Crippen LogP contribution in [0, 0.1) is 18.3 Å². The fourth-order valence-electron chi connectivity index (χ4n) is 2.38. The molecule has 7 nitrogen and oxygen atoms in total. The van der Waals surface area contributed by atoms with Gasteiger partial charge in [0, 0.05) is 25.1 Å². The summed E-state index contributed by atoms with van der Waals surface area (Å²) in [6, 6.07) is 15.3. The topological polar surface area (TPSA) is 108 Å². The van der Waals surface area contributed by atoms with Crippen molar-refractivity contribution in [3.05, 3.63) is 59.7 Å². The summed E-state index contributed by atoms with van der Waals surface area (Å²) in [6.45, 7) is 2.97. The van der Waals surface area contributed by atoms with Crippen LogP contribution >= 0.6 is 0 Å². The average molecular weight is 401 g/mol. The van der Waals surface area contributed by atoms with E-state index < -0.39 is 10.0 Å². The summed E-state index contributed by atoms with van der Waals surface area (Å²) in [4.78, 5) is 12.2. The molecule has 0 saturated heterocycles. The summed E-state index contributed by atoms with van der Waals surface area (Å²) in [5.41, 5.74) is 1.49. The Morgan fingerprint density at radius 3 is 2.57 bits per heavy atom. The number of nitriles is 1. The number of carbonyl (C=O) groups is 1. The second kappa shape index (κ2) is 10.4. The van der Waals surface area contributed by atoms with Gasteiger partial charge in [0.25, 0.3) is 5.91 Å². The number of carbonyl (C=O) groups excluding carboxylic acids is 1. The Morgan fingerprint density at radius 1 is 1.14 bits per heavy atom. The summed E-state index contributed by atoms with van der Waals surface area (Å²) in [6.07, 6.45) is 0.738. The van der Waals surface area contributed by atoms with E-state index in [0.29, 0.717) is 25.1 Å². The molecule has 0 aromatic heterocycles. The molecule has 2 N–H and O–H groups in total. The zero-order valence-corrected chi connectivity index (χ0v) is 16.5. The number of ether oxygens (including phenoxy) is 1. The minimum atomic E-state index is -3.68. The molecule has 0 aliphatic carbocycles. The molecule has 0 unspecified atom stereocenters. The maximum absolute atomic E-state index is 12.1. The second-order valence-electron chi connectivity index (χ2n) is 6.10. The van der Waals surface area contributed by atoms with Crippen molar-refractivity contribution in [2.24, 2.45) is 0 Å². The third-order valence-electron chi connectivity index (χ3n) is 3.82. The molecule has 0 fully saturated rings. The number of aryl methyl sites for hydroxylation is 1. The molecule has 0 aliphatic heterocycles. The maximum atomic E-state index is 12.1. The van der Waals surface area contributed by atoms with Crippen LogP contribution in [0.4, 0.5) is 0 Å². The third-order valence-corrected chi connectivity index (χ3v) is 5.30. The number of hydrogen-bond acceptors (Lipinski definition) is 5. The SMILES string of the molecule is Cc1cccc(OCCCNC(=O)c2ccc(S(=O)(=O)NCCC#N)cc2)c1. The Kier molecular flexibility index (Phi) is 7.99. The molecular weight excluding hydrogens is 378 g/mol. The van der Waals surface area contributed by atoms with Crippen LogP contribution in [0.15, 0.2) is 53.4 Å². The second-order valence-corrected chi connectivity index (χ2v) is 7.87. The Morgan fingerprint density at radius 2 is 1.89 bits per heavy atom. The lowest BCUT2D eigenvalue weighted by atomic mass is 10.2. The van der Waals surface area contributed by atoms with Crippen LogP contribution in [0.1, 0.15) is 28.8 Å². The van der Waals surface area contributed by atoms with E-state index in [4.69, 9.17) is 10.00 Å². The molecule has 2 aromatic carbocycles. The van der Waals surface area contributed by atoms with Crippen LogP contribution < -0.4 is 14.8 Å². The van der Waals surface area contributed by atoms with Gasteiger partial charge < -0.3 is 10.1 Å². The quantitative estimate of drug-likeness (QED) is 0.594. The van der Waals surface area contributed by atoms with Crippen molar-refractivity contribution in [1.82, 2.24) is 10.0 Å². The number of nitrogens with one attached hydrogen (secondary N) is 2. The average Bonchev–Trinajstić information content (AvgIpc) is 2.68. The monoisotopic (exact) mass is 401 g/mol. The summed E-state index contributed by atoms with van der Waals surface area (Å²) >= 11 is 0. The molecule has 0 radical (unpaired) electrons. The number of amides is 1. The largest absolute Gasteiger partial charge is 0.494 e. The highest BCUT2D eigenvalue weighted by Gasteiger charge is 2.14. The van der Waals surface area contributed by atoms with Gasteiger partial charge in [-0.15, -0.1) is 0 Å². The highest BCUT2D eigenvalue weighted by molar-refractivity contribution is 7.89. The van der Waals surface area contributed by atoms with Crippen LogP contribution in [0.25, 0.3) is 0 Å². The first kappa shape index (κ1) is 21.4. The first-order chi connectivity index (χ1) is 13.4. The Hall–Kier alpha value is -2.89. The number of benzene rings is 2. The van der Waals surface area contributed by atoms with Gasteiger partial charge in [-0.2, -0.15) is 5.26 Å². The molecule has 0 heterocycles.